The van der Waals surface area contributed by atoms with Crippen LogP contribution in [0.3, 0.4) is 0 Å². The predicted octanol–water partition coefficient (Wildman–Crippen LogP) is 0.171. The van der Waals surface area contributed by atoms with Crippen LogP contribution in [0.1, 0.15) is 28.4 Å². The number of rotatable bonds is 4. The van der Waals surface area contributed by atoms with E-state index in [0.717, 1.165) is 11.1 Å². The van der Waals surface area contributed by atoms with Gasteiger partial charge in [0.1, 0.15) is 0 Å². The van der Waals surface area contributed by atoms with Gasteiger partial charge in [0.2, 0.25) is 5.91 Å². The Morgan fingerprint density at radius 3 is 2.65 bits per heavy atom. The van der Waals surface area contributed by atoms with Crippen LogP contribution in [0.2, 0.25) is 0 Å². The van der Waals surface area contributed by atoms with Crippen molar-refractivity contribution in [2.45, 2.75) is 13.8 Å². The summed E-state index contributed by atoms with van der Waals surface area (Å²) in [7, 11) is 0. The number of hydrogen-bond acceptors (Lipinski definition) is 3. The number of likely N-dealkylation sites (N-methyl/N-ethyl adjacent to an activating group) is 1. The summed E-state index contributed by atoms with van der Waals surface area (Å²) in [6, 6.07) is 5.31. The number of aryl methyl sites for hydroxylation is 1. The van der Waals surface area contributed by atoms with Crippen molar-refractivity contribution in [1.82, 2.24) is 10.6 Å². The number of benzene rings is 1. The van der Waals surface area contributed by atoms with Gasteiger partial charge in [0.15, 0.2) is 0 Å². The minimum atomic E-state index is -0.296. The highest BCUT2D eigenvalue weighted by atomic mass is 16.2. The van der Waals surface area contributed by atoms with Crippen molar-refractivity contribution in [2.24, 2.45) is 5.73 Å². The topological polar surface area (TPSA) is 84.2 Å². The number of amides is 2. The van der Waals surface area contributed by atoms with Crippen LogP contribution in [0.25, 0.3) is 0 Å². The zero-order valence-corrected chi connectivity index (χ0v) is 11.7. The van der Waals surface area contributed by atoms with E-state index >= 15 is 0 Å². The van der Waals surface area contributed by atoms with E-state index in [0.29, 0.717) is 12.1 Å². The van der Waals surface area contributed by atoms with E-state index in [9.17, 15) is 9.59 Å². The van der Waals surface area contributed by atoms with Gasteiger partial charge in [-0.1, -0.05) is 11.8 Å². The third-order valence-electron chi connectivity index (χ3n) is 2.46. The smallest absolute Gasteiger partial charge is 0.251 e. The molecule has 0 aliphatic carbocycles. The largest absolute Gasteiger partial charge is 0.355 e. The van der Waals surface area contributed by atoms with Crippen LogP contribution in [-0.2, 0) is 4.79 Å². The first kappa shape index (κ1) is 15.7. The van der Waals surface area contributed by atoms with E-state index in [4.69, 9.17) is 5.73 Å². The summed E-state index contributed by atoms with van der Waals surface area (Å²) in [5, 5.41) is 5.18. The summed E-state index contributed by atoms with van der Waals surface area (Å²) >= 11 is 0. The number of carbonyl (C=O) groups excluding carboxylic acids is 2. The lowest BCUT2D eigenvalue weighted by Gasteiger charge is -2.06. The van der Waals surface area contributed by atoms with Crippen molar-refractivity contribution in [3.8, 4) is 11.8 Å². The monoisotopic (exact) mass is 273 g/mol. The van der Waals surface area contributed by atoms with E-state index in [2.05, 4.69) is 22.5 Å². The van der Waals surface area contributed by atoms with Crippen molar-refractivity contribution in [3.63, 3.8) is 0 Å². The van der Waals surface area contributed by atoms with Crippen LogP contribution in [0.15, 0.2) is 18.2 Å². The molecule has 0 fully saturated rings. The second-order valence-corrected chi connectivity index (χ2v) is 4.23. The zero-order chi connectivity index (χ0) is 15.0. The summed E-state index contributed by atoms with van der Waals surface area (Å²) in [5.74, 6) is 5.13. The van der Waals surface area contributed by atoms with Gasteiger partial charge in [0.05, 0.1) is 13.1 Å². The van der Waals surface area contributed by atoms with E-state index in [1.807, 2.05) is 19.9 Å². The van der Waals surface area contributed by atoms with E-state index in [1.165, 1.54) is 0 Å². The number of carbonyl (C=O) groups is 2. The molecule has 0 saturated heterocycles. The summed E-state index contributed by atoms with van der Waals surface area (Å²) < 4.78 is 0. The average Bonchev–Trinajstić information content (AvgIpc) is 2.42. The average molecular weight is 273 g/mol. The molecule has 0 atom stereocenters. The van der Waals surface area contributed by atoms with Crippen molar-refractivity contribution >= 4 is 11.8 Å². The summed E-state index contributed by atoms with van der Waals surface area (Å²) in [6.07, 6.45) is 0. The molecule has 0 aliphatic heterocycles. The number of hydrogen-bond donors (Lipinski definition) is 3. The molecule has 0 aromatic heterocycles. The quantitative estimate of drug-likeness (QED) is 0.684. The Hall–Kier alpha value is -2.32. The first-order chi connectivity index (χ1) is 9.56. The van der Waals surface area contributed by atoms with Gasteiger partial charge in [-0.2, -0.15) is 0 Å². The Kier molecular flexibility index (Phi) is 6.27. The summed E-state index contributed by atoms with van der Waals surface area (Å²) in [4.78, 5) is 23.3. The standard InChI is InChI=1S/C15H19N3O2/c1-3-17-14(19)10-18-15(20)13-8-11(2)7-12(9-13)5-4-6-16/h7-9H,3,6,10,16H2,1-2H3,(H,17,19)(H,18,20). The van der Waals surface area contributed by atoms with Gasteiger partial charge in [0.25, 0.3) is 5.91 Å². The maximum Gasteiger partial charge on any atom is 0.251 e. The molecule has 5 nitrogen and oxygen atoms in total. The molecule has 20 heavy (non-hydrogen) atoms. The van der Waals surface area contributed by atoms with Gasteiger partial charge in [-0.25, -0.2) is 0 Å². The Bertz CT molecular complexity index is 556. The van der Waals surface area contributed by atoms with Crippen LogP contribution in [0, 0.1) is 18.8 Å². The van der Waals surface area contributed by atoms with Crippen molar-refractivity contribution in [1.29, 1.82) is 0 Å². The van der Waals surface area contributed by atoms with Crippen LogP contribution in [0.4, 0.5) is 0 Å². The molecule has 1 aromatic rings. The van der Waals surface area contributed by atoms with Crippen molar-refractivity contribution in [2.75, 3.05) is 19.6 Å². The zero-order valence-electron chi connectivity index (χ0n) is 11.7. The fourth-order valence-electron chi connectivity index (χ4n) is 1.66. The van der Waals surface area contributed by atoms with Gasteiger partial charge in [-0.05, 0) is 37.6 Å². The molecule has 0 unspecified atom stereocenters. The Labute approximate surface area is 118 Å². The lowest BCUT2D eigenvalue weighted by atomic mass is 10.1. The second kappa shape index (κ2) is 7.97. The minimum absolute atomic E-state index is 0.0373. The second-order valence-electron chi connectivity index (χ2n) is 4.23. The molecule has 1 aromatic carbocycles. The van der Waals surface area contributed by atoms with Crippen LogP contribution in [0.5, 0.6) is 0 Å². The Morgan fingerprint density at radius 1 is 1.25 bits per heavy atom. The van der Waals surface area contributed by atoms with Gasteiger partial charge < -0.3 is 16.4 Å². The van der Waals surface area contributed by atoms with Crippen molar-refractivity contribution < 1.29 is 9.59 Å². The molecule has 106 valence electrons. The van der Waals surface area contributed by atoms with Crippen LogP contribution >= 0.6 is 0 Å². The van der Waals surface area contributed by atoms with E-state index in [-0.39, 0.29) is 24.9 Å². The first-order valence-electron chi connectivity index (χ1n) is 6.42. The number of nitrogens with two attached hydrogens (primary N) is 1. The molecule has 2 amide bonds. The minimum Gasteiger partial charge on any atom is -0.355 e. The third kappa shape index (κ3) is 5.12. The molecule has 5 heteroatoms. The molecule has 0 saturated carbocycles. The molecule has 0 spiro atoms. The summed E-state index contributed by atoms with van der Waals surface area (Å²) in [6.45, 7) is 4.48. The van der Waals surface area contributed by atoms with Gasteiger partial charge in [-0.15, -0.1) is 0 Å². The molecule has 0 bridgehead atoms. The molecule has 4 N–H and O–H groups in total. The molecule has 1 rings (SSSR count). The van der Waals surface area contributed by atoms with Crippen molar-refractivity contribution in [3.05, 3.63) is 34.9 Å². The first-order valence-corrected chi connectivity index (χ1v) is 6.42. The highest BCUT2D eigenvalue weighted by Gasteiger charge is 2.08. The lowest BCUT2D eigenvalue weighted by Crippen LogP contribution is -2.36. The maximum absolute atomic E-state index is 12.0. The van der Waals surface area contributed by atoms with Gasteiger partial charge in [0, 0.05) is 17.7 Å². The van der Waals surface area contributed by atoms with Crippen LogP contribution < -0.4 is 16.4 Å². The molecule has 0 radical (unpaired) electrons. The molecular formula is C15H19N3O2. The highest BCUT2D eigenvalue weighted by Crippen LogP contribution is 2.08. The fourth-order valence-corrected chi connectivity index (χ4v) is 1.66. The van der Waals surface area contributed by atoms with E-state index in [1.54, 1.807) is 12.1 Å². The predicted molar refractivity (Wildman–Crippen MR) is 78.1 cm³/mol. The SMILES string of the molecule is CCNC(=O)CNC(=O)c1cc(C)cc(C#CCN)c1. The van der Waals surface area contributed by atoms with Gasteiger partial charge >= 0.3 is 0 Å². The van der Waals surface area contributed by atoms with Crippen LogP contribution in [-0.4, -0.2) is 31.4 Å². The Balaban J connectivity index is 2.77. The molecule has 0 heterocycles. The maximum atomic E-state index is 12.0. The third-order valence-corrected chi connectivity index (χ3v) is 2.46. The molecule has 0 aliphatic rings. The van der Waals surface area contributed by atoms with Gasteiger partial charge in [-0.3, -0.25) is 9.59 Å². The van der Waals surface area contributed by atoms with E-state index < -0.39 is 0 Å². The summed E-state index contributed by atoms with van der Waals surface area (Å²) in [5.41, 5.74) is 7.47. The fraction of sp³-hybridized carbons (Fsp3) is 0.333. The highest BCUT2D eigenvalue weighted by molar-refractivity contribution is 5.96. The Morgan fingerprint density at radius 2 is 2.00 bits per heavy atom. The normalized spacial score (nSPS) is 9.35. The number of nitrogens with one attached hydrogen (secondary N) is 2. The lowest BCUT2D eigenvalue weighted by molar-refractivity contribution is -0.120. The molecular weight excluding hydrogens is 254 g/mol.